The molecule has 2 atom stereocenters. The Morgan fingerprint density at radius 1 is 1.44 bits per heavy atom. The van der Waals surface area contributed by atoms with Crippen LogP contribution in [0.1, 0.15) is 18.5 Å². The van der Waals surface area contributed by atoms with E-state index in [1.54, 1.807) is 0 Å². The van der Waals surface area contributed by atoms with Gasteiger partial charge in [0.1, 0.15) is 5.75 Å². The Balaban J connectivity index is 1.92. The molecule has 1 aromatic carbocycles. The SMILES string of the molecule is CC1CNC1c1ccc2c(c1)NC(=O)CO2. The Hall–Kier alpha value is -1.55. The van der Waals surface area contributed by atoms with Crippen LogP contribution in [-0.4, -0.2) is 19.1 Å². The molecule has 2 aliphatic heterocycles. The molecule has 0 radical (unpaired) electrons. The zero-order chi connectivity index (χ0) is 11.1. The second-order valence-corrected chi connectivity index (χ2v) is 4.46. The molecule has 1 amide bonds. The van der Waals surface area contributed by atoms with Crippen molar-refractivity contribution in [3.8, 4) is 5.75 Å². The maximum atomic E-state index is 11.2. The molecule has 2 unspecified atom stereocenters. The van der Waals surface area contributed by atoms with Gasteiger partial charge in [-0.3, -0.25) is 4.79 Å². The van der Waals surface area contributed by atoms with E-state index in [1.807, 2.05) is 12.1 Å². The molecular formula is C12H14N2O2. The van der Waals surface area contributed by atoms with Crippen LogP contribution < -0.4 is 15.4 Å². The van der Waals surface area contributed by atoms with Crippen molar-refractivity contribution in [2.75, 3.05) is 18.5 Å². The number of hydrogen-bond acceptors (Lipinski definition) is 3. The summed E-state index contributed by atoms with van der Waals surface area (Å²) in [6.07, 6.45) is 0. The van der Waals surface area contributed by atoms with Crippen molar-refractivity contribution < 1.29 is 9.53 Å². The molecule has 1 fully saturated rings. The third-order valence-corrected chi connectivity index (χ3v) is 3.22. The van der Waals surface area contributed by atoms with Crippen LogP contribution >= 0.6 is 0 Å². The molecule has 0 spiro atoms. The molecule has 0 saturated carbocycles. The first-order valence-electron chi connectivity index (χ1n) is 5.54. The summed E-state index contributed by atoms with van der Waals surface area (Å²) in [6, 6.07) is 6.39. The molecule has 16 heavy (non-hydrogen) atoms. The van der Waals surface area contributed by atoms with Crippen molar-refractivity contribution in [1.82, 2.24) is 5.32 Å². The van der Waals surface area contributed by atoms with Crippen LogP contribution in [0.25, 0.3) is 0 Å². The number of amides is 1. The zero-order valence-electron chi connectivity index (χ0n) is 9.12. The van der Waals surface area contributed by atoms with Gasteiger partial charge >= 0.3 is 0 Å². The molecule has 1 saturated heterocycles. The van der Waals surface area contributed by atoms with Gasteiger partial charge in [-0.05, 0) is 23.6 Å². The van der Waals surface area contributed by atoms with E-state index in [9.17, 15) is 4.79 Å². The maximum absolute atomic E-state index is 11.2. The fourth-order valence-corrected chi connectivity index (χ4v) is 2.21. The summed E-state index contributed by atoms with van der Waals surface area (Å²) in [6.45, 7) is 3.39. The van der Waals surface area contributed by atoms with Gasteiger partial charge in [-0.15, -0.1) is 0 Å². The lowest BCUT2D eigenvalue weighted by molar-refractivity contribution is -0.118. The van der Waals surface area contributed by atoms with E-state index in [-0.39, 0.29) is 12.5 Å². The van der Waals surface area contributed by atoms with Gasteiger partial charge in [0.15, 0.2) is 6.61 Å². The monoisotopic (exact) mass is 218 g/mol. The quantitative estimate of drug-likeness (QED) is 0.747. The Labute approximate surface area is 94.0 Å². The Kier molecular flexibility index (Phi) is 2.11. The van der Waals surface area contributed by atoms with Crippen molar-refractivity contribution in [3.63, 3.8) is 0 Å². The summed E-state index contributed by atoms with van der Waals surface area (Å²) in [5.41, 5.74) is 2.00. The topological polar surface area (TPSA) is 50.4 Å². The van der Waals surface area contributed by atoms with Gasteiger partial charge in [0.25, 0.3) is 5.91 Å². The van der Waals surface area contributed by atoms with Crippen LogP contribution in [0.5, 0.6) is 5.75 Å². The highest BCUT2D eigenvalue weighted by atomic mass is 16.5. The predicted octanol–water partition coefficient (Wildman–Crippen LogP) is 1.30. The van der Waals surface area contributed by atoms with E-state index in [0.29, 0.717) is 12.0 Å². The van der Waals surface area contributed by atoms with E-state index in [1.165, 1.54) is 5.56 Å². The highest BCUT2D eigenvalue weighted by Gasteiger charge is 2.28. The summed E-state index contributed by atoms with van der Waals surface area (Å²) in [4.78, 5) is 11.2. The first kappa shape index (κ1) is 9.66. The van der Waals surface area contributed by atoms with E-state index >= 15 is 0 Å². The fraction of sp³-hybridized carbons (Fsp3) is 0.417. The molecular weight excluding hydrogens is 204 g/mol. The molecule has 0 aromatic heterocycles. The molecule has 2 heterocycles. The summed E-state index contributed by atoms with van der Waals surface area (Å²) in [5.74, 6) is 1.33. The van der Waals surface area contributed by atoms with E-state index in [2.05, 4.69) is 23.6 Å². The summed E-state index contributed by atoms with van der Waals surface area (Å²) < 4.78 is 5.32. The van der Waals surface area contributed by atoms with Crippen LogP contribution in [0.2, 0.25) is 0 Å². The van der Waals surface area contributed by atoms with Gasteiger partial charge in [-0.2, -0.15) is 0 Å². The minimum Gasteiger partial charge on any atom is -0.482 e. The van der Waals surface area contributed by atoms with Gasteiger partial charge in [0, 0.05) is 12.6 Å². The number of fused-ring (bicyclic) bond motifs is 1. The number of carbonyl (C=O) groups excluding carboxylic acids is 1. The summed E-state index contributed by atoms with van der Waals surface area (Å²) in [5, 5.41) is 6.20. The van der Waals surface area contributed by atoms with Crippen LogP contribution in [-0.2, 0) is 4.79 Å². The average Bonchev–Trinajstić information content (AvgIpc) is 2.26. The smallest absolute Gasteiger partial charge is 0.262 e. The Morgan fingerprint density at radius 3 is 3.00 bits per heavy atom. The first-order chi connectivity index (χ1) is 7.74. The molecule has 0 aliphatic carbocycles. The Bertz CT molecular complexity index is 445. The molecule has 84 valence electrons. The number of nitrogens with one attached hydrogen (secondary N) is 2. The lowest BCUT2D eigenvalue weighted by Crippen LogP contribution is -2.44. The molecule has 0 bridgehead atoms. The fourth-order valence-electron chi connectivity index (χ4n) is 2.21. The number of rotatable bonds is 1. The van der Waals surface area contributed by atoms with E-state index < -0.39 is 0 Å². The molecule has 4 heteroatoms. The molecule has 2 N–H and O–H groups in total. The average molecular weight is 218 g/mol. The lowest BCUT2D eigenvalue weighted by atomic mass is 9.87. The van der Waals surface area contributed by atoms with Crippen LogP contribution in [0.15, 0.2) is 18.2 Å². The lowest BCUT2D eigenvalue weighted by Gasteiger charge is -2.36. The highest BCUT2D eigenvalue weighted by molar-refractivity contribution is 5.95. The molecule has 2 aliphatic rings. The highest BCUT2D eigenvalue weighted by Crippen LogP contribution is 2.35. The maximum Gasteiger partial charge on any atom is 0.262 e. The van der Waals surface area contributed by atoms with Gasteiger partial charge < -0.3 is 15.4 Å². The first-order valence-corrected chi connectivity index (χ1v) is 5.54. The number of carbonyl (C=O) groups is 1. The number of ether oxygens (including phenoxy) is 1. The molecule has 1 aromatic rings. The van der Waals surface area contributed by atoms with Gasteiger partial charge in [-0.25, -0.2) is 0 Å². The molecule has 4 nitrogen and oxygen atoms in total. The standard InChI is InChI=1S/C12H14N2O2/c1-7-5-13-12(7)8-2-3-10-9(4-8)14-11(15)6-16-10/h2-4,7,12-13H,5-6H2,1H3,(H,14,15). The summed E-state index contributed by atoms with van der Waals surface area (Å²) >= 11 is 0. The largest absolute Gasteiger partial charge is 0.482 e. The predicted molar refractivity (Wildman–Crippen MR) is 60.5 cm³/mol. The van der Waals surface area contributed by atoms with Crippen molar-refractivity contribution in [3.05, 3.63) is 23.8 Å². The number of anilines is 1. The minimum atomic E-state index is -0.0840. The Morgan fingerprint density at radius 2 is 2.31 bits per heavy atom. The third-order valence-electron chi connectivity index (χ3n) is 3.22. The van der Waals surface area contributed by atoms with Crippen molar-refractivity contribution in [1.29, 1.82) is 0 Å². The van der Waals surface area contributed by atoms with Crippen molar-refractivity contribution in [2.24, 2.45) is 5.92 Å². The van der Waals surface area contributed by atoms with Crippen LogP contribution in [0, 0.1) is 5.92 Å². The van der Waals surface area contributed by atoms with Crippen LogP contribution in [0.4, 0.5) is 5.69 Å². The van der Waals surface area contributed by atoms with E-state index in [0.717, 1.165) is 18.0 Å². The van der Waals surface area contributed by atoms with Gasteiger partial charge in [-0.1, -0.05) is 13.0 Å². The van der Waals surface area contributed by atoms with E-state index in [4.69, 9.17) is 4.74 Å². The number of benzene rings is 1. The second kappa shape index (κ2) is 3.49. The summed E-state index contributed by atoms with van der Waals surface area (Å²) in [7, 11) is 0. The van der Waals surface area contributed by atoms with Crippen molar-refractivity contribution in [2.45, 2.75) is 13.0 Å². The van der Waals surface area contributed by atoms with Crippen LogP contribution in [0.3, 0.4) is 0 Å². The normalized spacial score (nSPS) is 27.4. The molecule has 3 rings (SSSR count). The third kappa shape index (κ3) is 1.46. The van der Waals surface area contributed by atoms with Gasteiger partial charge in [0.05, 0.1) is 5.69 Å². The minimum absolute atomic E-state index is 0.0840. The van der Waals surface area contributed by atoms with Crippen molar-refractivity contribution >= 4 is 11.6 Å². The van der Waals surface area contributed by atoms with Gasteiger partial charge in [0.2, 0.25) is 0 Å². The zero-order valence-corrected chi connectivity index (χ0v) is 9.12. The second-order valence-electron chi connectivity index (χ2n) is 4.46. The number of hydrogen-bond donors (Lipinski definition) is 2.